The second kappa shape index (κ2) is 7.98. The molecule has 1 heterocycles. The van der Waals surface area contributed by atoms with Crippen LogP contribution in [0.1, 0.15) is 11.3 Å². The number of ether oxygens (including phenoxy) is 1. The minimum absolute atomic E-state index is 0.0492. The van der Waals surface area contributed by atoms with Crippen LogP contribution in [0.2, 0.25) is 0 Å². The van der Waals surface area contributed by atoms with E-state index in [0.717, 1.165) is 33.3 Å². The maximum atomic E-state index is 9.91. The number of phenolic OH excluding ortho intramolecular Hbond substituents is 1. The number of nitrogens with zero attached hydrogens (tertiary/aromatic N) is 1. The van der Waals surface area contributed by atoms with Gasteiger partial charge in [0, 0.05) is 5.39 Å². The van der Waals surface area contributed by atoms with Gasteiger partial charge >= 0.3 is 0 Å². The van der Waals surface area contributed by atoms with Crippen molar-refractivity contribution in [2.75, 3.05) is 13.2 Å². The fourth-order valence-corrected chi connectivity index (χ4v) is 3.05. The number of hydrogen-bond donors (Lipinski definition) is 3. The molecule has 0 fully saturated rings. The number of aromatic nitrogens is 2. The molecule has 140 valence electrons. The highest BCUT2D eigenvalue weighted by molar-refractivity contribution is 5.92. The van der Waals surface area contributed by atoms with Gasteiger partial charge in [0.05, 0.1) is 17.8 Å². The summed E-state index contributed by atoms with van der Waals surface area (Å²) in [7, 11) is 0. The predicted octanol–water partition coefficient (Wildman–Crippen LogP) is 4.48. The lowest BCUT2D eigenvalue weighted by atomic mass is 10.0. The highest BCUT2D eigenvalue weighted by Crippen LogP contribution is 2.33. The number of benzene rings is 3. The van der Waals surface area contributed by atoms with E-state index >= 15 is 0 Å². The highest BCUT2D eigenvalue weighted by atomic mass is 16.5. The van der Waals surface area contributed by atoms with Crippen LogP contribution in [0.5, 0.6) is 11.5 Å². The van der Waals surface area contributed by atoms with E-state index in [1.54, 1.807) is 12.1 Å². The molecule has 5 heteroatoms. The van der Waals surface area contributed by atoms with Gasteiger partial charge in [0.1, 0.15) is 6.61 Å². The van der Waals surface area contributed by atoms with Gasteiger partial charge in [0.2, 0.25) is 0 Å². The lowest BCUT2D eigenvalue weighted by molar-refractivity contribution is 0.197. The van der Waals surface area contributed by atoms with Crippen molar-refractivity contribution < 1.29 is 14.9 Å². The third kappa shape index (κ3) is 3.75. The molecule has 0 aliphatic heterocycles. The van der Waals surface area contributed by atoms with E-state index in [9.17, 15) is 5.11 Å². The Morgan fingerprint density at radius 1 is 0.929 bits per heavy atom. The summed E-state index contributed by atoms with van der Waals surface area (Å²) in [5.74, 6) is 0.399. The van der Waals surface area contributed by atoms with Crippen LogP contribution in [0.3, 0.4) is 0 Å². The molecular weight excluding hydrogens is 352 g/mol. The number of hydrogen-bond acceptors (Lipinski definition) is 4. The van der Waals surface area contributed by atoms with E-state index in [4.69, 9.17) is 9.84 Å². The first kappa shape index (κ1) is 17.8. The van der Waals surface area contributed by atoms with Crippen molar-refractivity contribution in [2.45, 2.75) is 0 Å². The molecule has 3 aromatic carbocycles. The second-order valence-corrected chi connectivity index (χ2v) is 6.37. The minimum atomic E-state index is -0.108. The molecule has 0 bridgehead atoms. The number of aromatic amines is 1. The van der Waals surface area contributed by atoms with E-state index in [1.807, 2.05) is 66.7 Å². The Labute approximate surface area is 162 Å². The third-order valence-electron chi connectivity index (χ3n) is 4.47. The standard InChI is InChI=1S/C23H20N2O3/c26-12-13-28-23-15-18(8-11-22(23)27)17-7-9-19-20(24-25-21(19)14-17)10-6-16-4-2-1-3-5-16/h1-11,14-15,26-27H,12-13H2,(H,24,25). The zero-order chi connectivity index (χ0) is 19.3. The van der Waals surface area contributed by atoms with Crippen LogP contribution in [-0.4, -0.2) is 33.6 Å². The van der Waals surface area contributed by atoms with E-state index in [1.165, 1.54) is 0 Å². The van der Waals surface area contributed by atoms with Crippen LogP contribution in [0.4, 0.5) is 0 Å². The van der Waals surface area contributed by atoms with Crippen molar-refractivity contribution in [3.8, 4) is 22.6 Å². The maximum Gasteiger partial charge on any atom is 0.161 e. The smallest absolute Gasteiger partial charge is 0.161 e. The molecule has 0 radical (unpaired) electrons. The van der Waals surface area contributed by atoms with Gasteiger partial charge in [0.25, 0.3) is 0 Å². The third-order valence-corrected chi connectivity index (χ3v) is 4.47. The summed E-state index contributed by atoms with van der Waals surface area (Å²) in [4.78, 5) is 0. The number of aliphatic hydroxyl groups is 1. The Hall–Kier alpha value is -3.57. The molecular formula is C23H20N2O3. The van der Waals surface area contributed by atoms with Gasteiger partial charge in [-0.1, -0.05) is 48.5 Å². The van der Waals surface area contributed by atoms with Crippen molar-refractivity contribution >= 4 is 23.1 Å². The lowest BCUT2D eigenvalue weighted by Gasteiger charge is -2.09. The Morgan fingerprint density at radius 2 is 1.71 bits per heavy atom. The molecule has 0 atom stereocenters. The largest absolute Gasteiger partial charge is 0.504 e. The Bertz CT molecular complexity index is 1120. The second-order valence-electron chi connectivity index (χ2n) is 6.37. The number of phenols is 1. The van der Waals surface area contributed by atoms with Crippen molar-refractivity contribution in [1.29, 1.82) is 0 Å². The molecule has 0 aliphatic rings. The van der Waals surface area contributed by atoms with E-state index < -0.39 is 0 Å². The topological polar surface area (TPSA) is 78.4 Å². The predicted molar refractivity (Wildman–Crippen MR) is 111 cm³/mol. The van der Waals surface area contributed by atoms with Crippen molar-refractivity contribution in [1.82, 2.24) is 10.2 Å². The number of aromatic hydroxyl groups is 1. The summed E-state index contributed by atoms with van der Waals surface area (Å²) in [5.41, 5.74) is 4.81. The quantitative estimate of drug-likeness (QED) is 0.466. The van der Waals surface area contributed by atoms with E-state index in [0.29, 0.717) is 5.75 Å². The zero-order valence-electron chi connectivity index (χ0n) is 15.2. The molecule has 28 heavy (non-hydrogen) atoms. The number of aliphatic hydroxyl groups excluding tert-OH is 1. The van der Waals surface area contributed by atoms with Gasteiger partial charge in [-0.15, -0.1) is 0 Å². The van der Waals surface area contributed by atoms with Crippen LogP contribution < -0.4 is 4.74 Å². The number of rotatable bonds is 6. The molecule has 5 nitrogen and oxygen atoms in total. The zero-order valence-corrected chi connectivity index (χ0v) is 15.2. The summed E-state index contributed by atoms with van der Waals surface area (Å²) in [6.45, 7) is 0.0246. The van der Waals surface area contributed by atoms with Crippen LogP contribution >= 0.6 is 0 Å². The normalized spacial score (nSPS) is 11.3. The molecule has 0 unspecified atom stereocenters. The maximum absolute atomic E-state index is 9.91. The van der Waals surface area contributed by atoms with Crippen LogP contribution in [0.15, 0.2) is 66.7 Å². The molecule has 4 aromatic rings. The molecule has 0 aliphatic carbocycles. The van der Waals surface area contributed by atoms with Crippen molar-refractivity contribution in [2.24, 2.45) is 0 Å². The van der Waals surface area contributed by atoms with Gasteiger partial charge in [-0.05, 0) is 47.0 Å². The fourth-order valence-electron chi connectivity index (χ4n) is 3.05. The first-order valence-electron chi connectivity index (χ1n) is 9.03. The number of nitrogens with one attached hydrogen (secondary N) is 1. The number of fused-ring (bicyclic) bond motifs is 1. The molecule has 4 rings (SSSR count). The summed E-state index contributed by atoms with van der Waals surface area (Å²) >= 11 is 0. The average Bonchev–Trinajstić information content (AvgIpc) is 3.14. The van der Waals surface area contributed by atoms with E-state index in [-0.39, 0.29) is 19.0 Å². The van der Waals surface area contributed by atoms with E-state index in [2.05, 4.69) is 10.2 Å². The first-order chi connectivity index (χ1) is 13.7. The average molecular weight is 372 g/mol. The van der Waals surface area contributed by atoms with Gasteiger partial charge in [0.15, 0.2) is 11.5 Å². The Balaban J connectivity index is 1.63. The van der Waals surface area contributed by atoms with Crippen LogP contribution in [0.25, 0.3) is 34.2 Å². The first-order valence-corrected chi connectivity index (χ1v) is 9.03. The summed E-state index contributed by atoms with van der Waals surface area (Å²) in [6.07, 6.45) is 4.03. The fraction of sp³-hybridized carbons (Fsp3) is 0.0870. The van der Waals surface area contributed by atoms with Crippen molar-refractivity contribution in [3.63, 3.8) is 0 Å². The molecule has 0 spiro atoms. The Kier molecular flexibility index (Phi) is 5.08. The molecule has 0 saturated heterocycles. The SMILES string of the molecule is OCCOc1cc(-c2ccc3c(C=Cc4ccccc4)n[nH]c3c2)ccc1O. The molecule has 1 aromatic heterocycles. The van der Waals surface area contributed by atoms with Crippen LogP contribution in [-0.2, 0) is 0 Å². The monoisotopic (exact) mass is 372 g/mol. The lowest BCUT2D eigenvalue weighted by Crippen LogP contribution is -2.01. The van der Waals surface area contributed by atoms with Crippen molar-refractivity contribution in [3.05, 3.63) is 78.0 Å². The molecule has 0 amide bonds. The van der Waals surface area contributed by atoms with Gasteiger partial charge < -0.3 is 14.9 Å². The molecule has 0 saturated carbocycles. The minimum Gasteiger partial charge on any atom is -0.504 e. The van der Waals surface area contributed by atoms with Gasteiger partial charge in [-0.2, -0.15) is 5.10 Å². The Morgan fingerprint density at radius 3 is 2.54 bits per heavy atom. The molecule has 3 N–H and O–H groups in total. The van der Waals surface area contributed by atoms with Crippen LogP contribution in [0, 0.1) is 0 Å². The van der Waals surface area contributed by atoms with Gasteiger partial charge in [-0.25, -0.2) is 0 Å². The summed E-state index contributed by atoms with van der Waals surface area (Å²) < 4.78 is 5.38. The highest BCUT2D eigenvalue weighted by Gasteiger charge is 2.09. The number of H-pyrrole nitrogens is 1. The summed E-state index contributed by atoms with van der Waals surface area (Å²) in [5, 5.41) is 27.4. The summed E-state index contributed by atoms with van der Waals surface area (Å²) in [6, 6.07) is 21.3. The van der Waals surface area contributed by atoms with Gasteiger partial charge in [-0.3, -0.25) is 5.10 Å².